The van der Waals surface area contributed by atoms with Crippen LogP contribution in [0.1, 0.15) is 38.2 Å². The molecule has 0 radical (unpaired) electrons. The summed E-state index contributed by atoms with van der Waals surface area (Å²) in [5.74, 6) is 0.482. The van der Waals surface area contributed by atoms with Crippen LogP contribution in [-0.2, 0) is 6.18 Å². The van der Waals surface area contributed by atoms with Crippen LogP contribution >= 0.6 is 0 Å². The molecule has 1 aromatic carbocycles. The normalized spacial score (nSPS) is 14.2. The fourth-order valence-corrected chi connectivity index (χ4v) is 1.67. The molecule has 7 heteroatoms. The first-order valence-corrected chi connectivity index (χ1v) is 6.36. The van der Waals surface area contributed by atoms with Crippen molar-refractivity contribution in [1.82, 2.24) is 10.1 Å². The van der Waals surface area contributed by atoms with Gasteiger partial charge in [0.25, 0.3) is 5.89 Å². The lowest BCUT2D eigenvalue weighted by molar-refractivity contribution is -0.137. The largest absolute Gasteiger partial charge is 0.416 e. The van der Waals surface area contributed by atoms with Crippen LogP contribution in [0.15, 0.2) is 28.8 Å². The van der Waals surface area contributed by atoms with Crippen LogP contribution in [0.25, 0.3) is 11.5 Å². The van der Waals surface area contributed by atoms with Gasteiger partial charge in [0.1, 0.15) is 0 Å². The van der Waals surface area contributed by atoms with Gasteiger partial charge in [-0.2, -0.15) is 18.2 Å². The molecule has 0 saturated carbocycles. The average molecular weight is 299 g/mol. The van der Waals surface area contributed by atoms with Gasteiger partial charge in [-0.3, -0.25) is 0 Å². The van der Waals surface area contributed by atoms with Crippen molar-refractivity contribution in [2.75, 3.05) is 0 Å². The van der Waals surface area contributed by atoms with E-state index in [1.165, 1.54) is 12.1 Å². The molecule has 21 heavy (non-hydrogen) atoms. The molecule has 0 fully saturated rings. The van der Waals surface area contributed by atoms with Crippen LogP contribution in [0.4, 0.5) is 13.2 Å². The van der Waals surface area contributed by atoms with E-state index in [4.69, 9.17) is 10.3 Å². The first-order chi connectivity index (χ1) is 9.59. The van der Waals surface area contributed by atoms with Gasteiger partial charge in [-0.1, -0.05) is 25.9 Å². The van der Waals surface area contributed by atoms with Gasteiger partial charge in [0.05, 0.1) is 11.6 Å². The quantitative estimate of drug-likeness (QED) is 0.916. The number of hydrogen-bond acceptors (Lipinski definition) is 4. The van der Waals surface area contributed by atoms with Gasteiger partial charge in [0.15, 0.2) is 5.82 Å². The van der Waals surface area contributed by atoms with Crippen LogP contribution in [0.3, 0.4) is 0 Å². The Kier molecular flexibility index (Phi) is 3.79. The molecule has 0 aliphatic heterocycles. The molecule has 0 aliphatic carbocycles. The third-order valence-corrected chi connectivity index (χ3v) is 3.11. The minimum Gasteiger partial charge on any atom is -0.334 e. The standard InChI is InChI=1S/C14H16F3N3O/c1-13(2,3)10(18)11-19-12(21-20-11)8-4-6-9(7-5-8)14(15,16)17/h4-7,10H,18H2,1-3H3. The molecule has 2 aromatic rings. The molecule has 0 saturated heterocycles. The monoisotopic (exact) mass is 299 g/mol. The molecule has 1 heterocycles. The van der Waals surface area contributed by atoms with Crippen LogP contribution < -0.4 is 5.73 Å². The van der Waals surface area contributed by atoms with E-state index in [0.717, 1.165) is 12.1 Å². The predicted octanol–water partition coefficient (Wildman–Crippen LogP) is 3.80. The highest BCUT2D eigenvalue weighted by molar-refractivity contribution is 5.53. The summed E-state index contributed by atoms with van der Waals surface area (Å²) in [7, 11) is 0. The van der Waals surface area contributed by atoms with Gasteiger partial charge in [-0.25, -0.2) is 0 Å². The van der Waals surface area contributed by atoms with Crippen LogP contribution in [0.2, 0.25) is 0 Å². The van der Waals surface area contributed by atoms with Gasteiger partial charge in [0, 0.05) is 5.56 Å². The molecule has 1 atom stereocenters. The Bertz CT molecular complexity index is 612. The maximum atomic E-state index is 12.5. The summed E-state index contributed by atoms with van der Waals surface area (Å²) in [5, 5.41) is 3.80. The zero-order valence-corrected chi connectivity index (χ0v) is 11.9. The van der Waals surface area contributed by atoms with E-state index < -0.39 is 17.8 Å². The maximum Gasteiger partial charge on any atom is 0.416 e. The lowest BCUT2D eigenvalue weighted by Gasteiger charge is -2.23. The highest BCUT2D eigenvalue weighted by atomic mass is 19.4. The van der Waals surface area contributed by atoms with Crippen molar-refractivity contribution in [2.45, 2.75) is 33.0 Å². The van der Waals surface area contributed by atoms with Crippen molar-refractivity contribution < 1.29 is 17.7 Å². The summed E-state index contributed by atoms with van der Waals surface area (Å²) in [6.45, 7) is 5.81. The number of nitrogens with two attached hydrogens (primary N) is 1. The molecule has 0 aliphatic rings. The van der Waals surface area contributed by atoms with E-state index in [1.54, 1.807) is 0 Å². The number of nitrogens with zero attached hydrogens (tertiary/aromatic N) is 2. The molecule has 4 nitrogen and oxygen atoms in total. The first kappa shape index (κ1) is 15.5. The van der Waals surface area contributed by atoms with Gasteiger partial charge < -0.3 is 10.3 Å². The molecule has 0 bridgehead atoms. The third-order valence-electron chi connectivity index (χ3n) is 3.11. The zero-order valence-electron chi connectivity index (χ0n) is 11.9. The second-order valence-corrected chi connectivity index (χ2v) is 5.88. The summed E-state index contributed by atoms with van der Waals surface area (Å²) < 4.78 is 42.6. The third kappa shape index (κ3) is 3.41. The molecule has 2 rings (SSSR count). The van der Waals surface area contributed by atoms with E-state index in [1.807, 2.05) is 20.8 Å². The van der Waals surface area contributed by atoms with Crippen molar-refractivity contribution in [3.8, 4) is 11.5 Å². The number of halogens is 3. The highest BCUT2D eigenvalue weighted by Crippen LogP contribution is 2.32. The zero-order chi connectivity index (χ0) is 15.8. The number of hydrogen-bond donors (Lipinski definition) is 1. The number of alkyl halides is 3. The Hall–Kier alpha value is -1.89. The Morgan fingerprint density at radius 3 is 2.14 bits per heavy atom. The van der Waals surface area contributed by atoms with Crippen molar-refractivity contribution in [3.05, 3.63) is 35.7 Å². The molecule has 0 amide bonds. The molecular weight excluding hydrogens is 283 g/mol. The van der Waals surface area contributed by atoms with E-state index in [9.17, 15) is 13.2 Å². The lowest BCUT2D eigenvalue weighted by Crippen LogP contribution is -2.27. The fourth-order valence-electron chi connectivity index (χ4n) is 1.67. The molecule has 1 aromatic heterocycles. The van der Waals surface area contributed by atoms with E-state index in [2.05, 4.69) is 10.1 Å². The second kappa shape index (κ2) is 5.14. The average Bonchev–Trinajstić information content (AvgIpc) is 2.85. The minimum absolute atomic E-state index is 0.151. The van der Waals surface area contributed by atoms with Crippen molar-refractivity contribution in [3.63, 3.8) is 0 Å². The van der Waals surface area contributed by atoms with Gasteiger partial charge in [-0.15, -0.1) is 0 Å². The number of aromatic nitrogens is 2. The maximum absolute atomic E-state index is 12.5. The van der Waals surface area contributed by atoms with E-state index in [0.29, 0.717) is 11.4 Å². The summed E-state index contributed by atoms with van der Waals surface area (Å²) in [4.78, 5) is 4.15. The molecule has 0 spiro atoms. The SMILES string of the molecule is CC(C)(C)C(N)c1noc(-c2ccc(C(F)(F)F)cc2)n1. The summed E-state index contributed by atoms with van der Waals surface area (Å²) >= 11 is 0. The summed E-state index contributed by atoms with van der Waals surface area (Å²) in [6.07, 6.45) is -4.37. The fraction of sp³-hybridized carbons (Fsp3) is 0.429. The highest BCUT2D eigenvalue weighted by Gasteiger charge is 2.30. The second-order valence-electron chi connectivity index (χ2n) is 5.88. The lowest BCUT2D eigenvalue weighted by atomic mass is 9.87. The smallest absolute Gasteiger partial charge is 0.334 e. The van der Waals surface area contributed by atoms with Crippen molar-refractivity contribution >= 4 is 0 Å². The van der Waals surface area contributed by atoms with Crippen molar-refractivity contribution in [2.24, 2.45) is 11.1 Å². The minimum atomic E-state index is -4.37. The molecular formula is C14H16F3N3O. The van der Waals surface area contributed by atoms with E-state index >= 15 is 0 Å². The topological polar surface area (TPSA) is 64.9 Å². The molecule has 1 unspecified atom stereocenters. The van der Waals surface area contributed by atoms with Gasteiger partial charge in [-0.05, 0) is 29.7 Å². The van der Waals surface area contributed by atoms with Crippen LogP contribution in [0, 0.1) is 5.41 Å². The van der Waals surface area contributed by atoms with Crippen molar-refractivity contribution in [1.29, 1.82) is 0 Å². The Balaban J connectivity index is 2.26. The van der Waals surface area contributed by atoms with Gasteiger partial charge >= 0.3 is 6.18 Å². The predicted molar refractivity (Wildman–Crippen MR) is 71.1 cm³/mol. The van der Waals surface area contributed by atoms with Gasteiger partial charge in [0.2, 0.25) is 0 Å². The summed E-state index contributed by atoms with van der Waals surface area (Å²) in [6, 6.07) is 4.11. The van der Waals surface area contributed by atoms with Crippen LogP contribution in [-0.4, -0.2) is 10.1 Å². The Labute approximate surface area is 120 Å². The number of rotatable bonds is 2. The Morgan fingerprint density at radius 2 is 1.67 bits per heavy atom. The first-order valence-electron chi connectivity index (χ1n) is 6.36. The number of benzene rings is 1. The van der Waals surface area contributed by atoms with Crippen LogP contribution in [0.5, 0.6) is 0 Å². The molecule has 2 N–H and O–H groups in total. The van der Waals surface area contributed by atoms with E-state index in [-0.39, 0.29) is 11.3 Å². The Morgan fingerprint density at radius 1 is 1.10 bits per heavy atom. The molecule has 114 valence electrons. The summed E-state index contributed by atoms with van der Waals surface area (Å²) in [5.41, 5.74) is 5.46.